The largest absolute Gasteiger partial charge is 0.494 e. The van der Waals surface area contributed by atoms with Crippen molar-refractivity contribution in [2.45, 2.75) is 6.42 Å². The zero-order valence-electron chi connectivity index (χ0n) is 14.9. The number of halogens is 1. The molecular weight excluding hydrogens is 351 g/mol. The highest BCUT2D eigenvalue weighted by atomic mass is 19.1. The van der Waals surface area contributed by atoms with Crippen LogP contribution < -0.4 is 4.74 Å². The molecule has 0 bridgehead atoms. The predicted octanol–water partition coefficient (Wildman–Crippen LogP) is 1.89. The summed E-state index contributed by atoms with van der Waals surface area (Å²) in [5.74, 6) is -2.11. The summed E-state index contributed by atoms with van der Waals surface area (Å²) >= 11 is 0. The van der Waals surface area contributed by atoms with Gasteiger partial charge in [0, 0.05) is 12.1 Å². The number of benzene rings is 2. The van der Waals surface area contributed by atoms with Gasteiger partial charge >= 0.3 is 0 Å². The zero-order valence-corrected chi connectivity index (χ0v) is 14.9. The summed E-state index contributed by atoms with van der Waals surface area (Å²) in [6.45, 7) is -0.166. The van der Waals surface area contributed by atoms with Crippen molar-refractivity contribution in [3.8, 4) is 5.75 Å². The van der Waals surface area contributed by atoms with E-state index >= 15 is 0 Å². The molecule has 0 spiro atoms. The Morgan fingerprint density at radius 3 is 2.33 bits per heavy atom. The summed E-state index contributed by atoms with van der Waals surface area (Å²) in [6.07, 6.45) is 0.552. The lowest BCUT2D eigenvalue weighted by Crippen LogP contribution is -2.55. The van der Waals surface area contributed by atoms with Crippen molar-refractivity contribution in [3.63, 3.8) is 0 Å². The summed E-state index contributed by atoms with van der Waals surface area (Å²) in [7, 11) is 1.33. The maximum absolute atomic E-state index is 13.8. The van der Waals surface area contributed by atoms with Crippen LogP contribution in [0.3, 0.4) is 0 Å². The van der Waals surface area contributed by atoms with Crippen molar-refractivity contribution in [1.82, 2.24) is 9.80 Å². The molecule has 0 saturated carbocycles. The quantitative estimate of drug-likeness (QED) is 0.754. The molecule has 0 atom stereocenters. The van der Waals surface area contributed by atoms with Gasteiger partial charge in [-0.1, -0.05) is 30.3 Å². The van der Waals surface area contributed by atoms with Gasteiger partial charge in [0.05, 0.1) is 7.11 Å². The molecule has 140 valence electrons. The van der Waals surface area contributed by atoms with Crippen LogP contribution in [0.1, 0.15) is 15.9 Å². The van der Waals surface area contributed by atoms with Crippen LogP contribution in [-0.2, 0) is 16.0 Å². The van der Waals surface area contributed by atoms with Crippen LogP contribution in [0.2, 0.25) is 0 Å². The Hall–Kier alpha value is -3.22. The second-order valence-electron chi connectivity index (χ2n) is 6.19. The van der Waals surface area contributed by atoms with Gasteiger partial charge in [-0.05, 0) is 30.2 Å². The third-order valence-corrected chi connectivity index (χ3v) is 4.41. The van der Waals surface area contributed by atoms with E-state index in [1.54, 1.807) is 0 Å². The maximum atomic E-state index is 13.8. The minimum absolute atomic E-state index is 0.0180. The Balaban J connectivity index is 1.65. The summed E-state index contributed by atoms with van der Waals surface area (Å²) < 4.78 is 18.6. The molecule has 1 aliphatic rings. The highest BCUT2D eigenvalue weighted by molar-refractivity contribution is 6.05. The van der Waals surface area contributed by atoms with Crippen LogP contribution in [0, 0.1) is 5.82 Å². The van der Waals surface area contributed by atoms with Gasteiger partial charge in [0.2, 0.25) is 11.8 Å². The number of piperazine rings is 1. The normalized spacial score (nSPS) is 14.4. The number of rotatable bonds is 5. The van der Waals surface area contributed by atoms with E-state index in [1.807, 2.05) is 30.3 Å². The second-order valence-corrected chi connectivity index (χ2v) is 6.19. The molecule has 0 aromatic heterocycles. The van der Waals surface area contributed by atoms with Crippen molar-refractivity contribution in [2.24, 2.45) is 0 Å². The van der Waals surface area contributed by atoms with E-state index in [0.29, 0.717) is 6.42 Å². The lowest BCUT2D eigenvalue weighted by atomic mass is 10.1. The van der Waals surface area contributed by atoms with E-state index in [0.717, 1.165) is 16.5 Å². The van der Waals surface area contributed by atoms with Gasteiger partial charge in [0.25, 0.3) is 5.91 Å². The summed E-state index contributed by atoms with van der Waals surface area (Å²) in [5, 5.41) is 0. The fourth-order valence-corrected chi connectivity index (χ4v) is 2.95. The van der Waals surface area contributed by atoms with Crippen LogP contribution in [0.25, 0.3) is 0 Å². The van der Waals surface area contributed by atoms with Crippen molar-refractivity contribution >= 4 is 17.7 Å². The van der Waals surface area contributed by atoms with E-state index in [9.17, 15) is 18.8 Å². The van der Waals surface area contributed by atoms with Crippen LogP contribution in [0.15, 0.2) is 48.5 Å². The van der Waals surface area contributed by atoms with Crippen molar-refractivity contribution in [1.29, 1.82) is 0 Å². The molecule has 1 fully saturated rings. The highest BCUT2D eigenvalue weighted by Crippen LogP contribution is 2.19. The van der Waals surface area contributed by atoms with Gasteiger partial charge in [-0.25, -0.2) is 4.39 Å². The lowest BCUT2D eigenvalue weighted by molar-refractivity contribution is -0.150. The summed E-state index contributed by atoms with van der Waals surface area (Å²) in [4.78, 5) is 39.5. The first-order valence-corrected chi connectivity index (χ1v) is 8.49. The Bertz CT molecular complexity index is 852. The Morgan fingerprint density at radius 1 is 1.07 bits per heavy atom. The van der Waals surface area contributed by atoms with Crippen LogP contribution >= 0.6 is 0 Å². The molecule has 2 aromatic rings. The molecule has 3 amide bonds. The SMILES string of the molecule is COc1ccc(C(=O)N2CC(=O)N(CCc3ccccc3)C(=O)C2)cc1F. The number of amides is 3. The van der Waals surface area contributed by atoms with Crippen molar-refractivity contribution in [3.05, 3.63) is 65.5 Å². The van der Waals surface area contributed by atoms with Gasteiger partial charge in [0.1, 0.15) is 13.1 Å². The molecule has 1 heterocycles. The number of methoxy groups -OCH3 is 1. The average Bonchev–Trinajstić information content (AvgIpc) is 2.67. The summed E-state index contributed by atoms with van der Waals surface area (Å²) in [6, 6.07) is 13.3. The van der Waals surface area contributed by atoms with Crippen LogP contribution in [0.4, 0.5) is 4.39 Å². The highest BCUT2D eigenvalue weighted by Gasteiger charge is 2.33. The van der Waals surface area contributed by atoms with Gasteiger partial charge in [-0.2, -0.15) is 0 Å². The topological polar surface area (TPSA) is 66.9 Å². The van der Waals surface area contributed by atoms with Gasteiger partial charge < -0.3 is 9.64 Å². The summed E-state index contributed by atoms with van der Waals surface area (Å²) in [5.41, 5.74) is 1.08. The standard InChI is InChI=1S/C20H19FN2O4/c1-27-17-8-7-15(11-16(17)21)20(26)22-12-18(24)23(19(25)13-22)10-9-14-5-3-2-4-6-14/h2-8,11H,9-10,12-13H2,1H3. The van der Waals surface area contributed by atoms with Gasteiger partial charge in [-0.15, -0.1) is 0 Å². The third-order valence-electron chi connectivity index (χ3n) is 4.41. The van der Waals surface area contributed by atoms with Crippen LogP contribution in [0.5, 0.6) is 5.75 Å². The lowest BCUT2D eigenvalue weighted by Gasteiger charge is -2.32. The molecule has 2 aromatic carbocycles. The number of hydrogen-bond acceptors (Lipinski definition) is 4. The number of carbonyl (C=O) groups excluding carboxylic acids is 3. The van der Waals surface area contributed by atoms with Crippen molar-refractivity contribution in [2.75, 3.05) is 26.7 Å². The molecule has 0 radical (unpaired) electrons. The number of imide groups is 1. The molecule has 3 rings (SSSR count). The number of carbonyl (C=O) groups is 3. The molecule has 6 nitrogen and oxygen atoms in total. The zero-order chi connectivity index (χ0) is 19.4. The molecule has 0 N–H and O–H groups in total. The van der Waals surface area contributed by atoms with E-state index in [2.05, 4.69) is 0 Å². The number of hydrogen-bond donors (Lipinski definition) is 0. The van der Waals surface area contributed by atoms with E-state index in [1.165, 1.54) is 24.1 Å². The number of ether oxygens (including phenoxy) is 1. The molecule has 0 unspecified atom stereocenters. The van der Waals surface area contributed by atoms with E-state index in [-0.39, 0.29) is 30.9 Å². The van der Waals surface area contributed by atoms with E-state index in [4.69, 9.17) is 4.74 Å². The fourth-order valence-electron chi connectivity index (χ4n) is 2.95. The Kier molecular flexibility index (Phi) is 5.49. The third kappa shape index (κ3) is 4.13. The minimum atomic E-state index is -0.678. The molecule has 1 saturated heterocycles. The monoisotopic (exact) mass is 370 g/mol. The van der Waals surface area contributed by atoms with E-state index < -0.39 is 23.5 Å². The second kappa shape index (κ2) is 7.99. The smallest absolute Gasteiger partial charge is 0.254 e. The minimum Gasteiger partial charge on any atom is -0.494 e. The molecule has 0 aliphatic carbocycles. The molecule has 1 aliphatic heterocycles. The fraction of sp³-hybridized carbons (Fsp3) is 0.250. The first-order valence-electron chi connectivity index (χ1n) is 8.49. The van der Waals surface area contributed by atoms with Gasteiger partial charge in [0.15, 0.2) is 11.6 Å². The number of nitrogens with zero attached hydrogens (tertiary/aromatic N) is 2. The van der Waals surface area contributed by atoms with Crippen LogP contribution in [-0.4, -0.2) is 54.3 Å². The molecule has 27 heavy (non-hydrogen) atoms. The average molecular weight is 370 g/mol. The predicted molar refractivity (Wildman–Crippen MR) is 95.7 cm³/mol. The molecular formula is C20H19FN2O4. The molecule has 7 heteroatoms. The Morgan fingerprint density at radius 2 is 1.74 bits per heavy atom. The van der Waals surface area contributed by atoms with Gasteiger partial charge in [-0.3, -0.25) is 19.3 Å². The first-order chi connectivity index (χ1) is 13.0. The van der Waals surface area contributed by atoms with Crippen molar-refractivity contribution < 1.29 is 23.5 Å². The Labute approximate surface area is 156 Å². The maximum Gasteiger partial charge on any atom is 0.254 e. The first kappa shape index (κ1) is 18.6.